The summed E-state index contributed by atoms with van der Waals surface area (Å²) in [6.45, 7) is 4.51. The molecule has 4 heteroatoms. The Labute approximate surface area is 106 Å². The van der Waals surface area contributed by atoms with Crippen LogP contribution in [0.2, 0.25) is 5.02 Å². The Hall–Kier alpha value is -1.32. The third-order valence-electron chi connectivity index (χ3n) is 2.24. The molecule has 92 valence electrons. The third kappa shape index (κ3) is 4.59. The van der Waals surface area contributed by atoms with Crippen LogP contribution in [0.15, 0.2) is 30.9 Å². The molecular formula is C13H16ClNO2. The van der Waals surface area contributed by atoms with Gasteiger partial charge in [0, 0.05) is 23.6 Å². The van der Waals surface area contributed by atoms with Gasteiger partial charge in [-0.15, -0.1) is 6.58 Å². The summed E-state index contributed by atoms with van der Waals surface area (Å²) < 4.78 is 5.18. The van der Waals surface area contributed by atoms with Gasteiger partial charge in [0.05, 0.1) is 13.7 Å². The summed E-state index contributed by atoms with van der Waals surface area (Å²) in [6, 6.07) is 5.26. The number of nitrogens with one attached hydrogen (secondary N) is 1. The van der Waals surface area contributed by atoms with Crippen LogP contribution in [0.25, 0.3) is 0 Å². The second-order valence-electron chi connectivity index (χ2n) is 3.59. The summed E-state index contributed by atoms with van der Waals surface area (Å²) in [5.74, 6) is 0.777. The molecule has 0 unspecified atom stereocenters. The number of benzene rings is 1. The highest BCUT2D eigenvalue weighted by atomic mass is 35.5. The van der Waals surface area contributed by atoms with Crippen LogP contribution in [0, 0.1) is 0 Å². The van der Waals surface area contributed by atoms with Crippen LogP contribution >= 0.6 is 11.6 Å². The van der Waals surface area contributed by atoms with Crippen molar-refractivity contribution < 1.29 is 9.53 Å². The van der Waals surface area contributed by atoms with Crippen molar-refractivity contribution in [2.24, 2.45) is 0 Å². The van der Waals surface area contributed by atoms with E-state index >= 15 is 0 Å². The van der Waals surface area contributed by atoms with Crippen molar-refractivity contribution >= 4 is 17.4 Å². The summed E-state index contributed by atoms with van der Waals surface area (Å²) >= 11 is 5.89. The number of hydrogen-bond donors (Lipinski definition) is 1. The van der Waals surface area contributed by atoms with E-state index in [1.807, 2.05) is 0 Å². The fourth-order valence-electron chi connectivity index (χ4n) is 1.47. The maximum Gasteiger partial charge on any atom is 0.151 e. The van der Waals surface area contributed by atoms with Crippen LogP contribution in [0.5, 0.6) is 5.75 Å². The SMILES string of the molecule is C=CCNCC(=O)Cc1cc(Cl)ccc1OC. The van der Waals surface area contributed by atoms with Crippen molar-refractivity contribution in [2.75, 3.05) is 20.2 Å². The van der Waals surface area contributed by atoms with Crippen molar-refractivity contribution in [1.82, 2.24) is 5.32 Å². The highest BCUT2D eigenvalue weighted by Crippen LogP contribution is 2.23. The van der Waals surface area contributed by atoms with E-state index in [-0.39, 0.29) is 5.78 Å². The van der Waals surface area contributed by atoms with Gasteiger partial charge in [-0.05, 0) is 18.2 Å². The predicted octanol–water partition coefficient (Wildman–Crippen LogP) is 2.24. The first kappa shape index (κ1) is 13.7. The minimum absolute atomic E-state index is 0.0902. The van der Waals surface area contributed by atoms with E-state index < -0.39 is 0 Å². The minimum Gasteiger partial charge on any atom is -0.496 e. The number of carbonyl (C=O) groups excluding carboxylic acids is 1. The van der Waals surface area contributed by atoms with Crippen LogP contribution in [-0.2, 0) is 11.2 Å². The molecule has 17 heavy (non-hydrogen) atoms. The lowest BCUT2D eigenvalue weighted by atomic mass is 10.1. The van der Waals surface area contributed by atoms with Crippen LogP contribution in [-0.4, -0.2) is 26.0 Å². The Balaban J connectivity index is 2.63. The molecule has 0 atom stereocenters. The lowest BCUT2D eigenvalue weighted by Crippen LogP contribution is -2.24. The van der Waals surface area contributed by atoms with Gasteiger partial charge in [0.1, 0.15) is 5.75 Å². The lowest BCUT2D eigenvalue weighted by molar-refractivity contribution is -0.117. The number of ether oxygens (including phenoxy) is 1. The first-order valence-corrected chi connectivity index (χ1v) is 5.71. The zero-order valence-corrected chi connectivity index (χ0v) is 10.6. The Morgan fingerprint density at radius 2 is 2.35 bits per heavy atom. The molecule has 3 nitrogen and oxygen atoms in total. The zero-order chi connectivity index (χ0) is 12.7. The Morgan fingerprint density at radius 3 is 3.00 bits per heavy atom. The van der Waals surface area contributed by atoms with Crippen LogP contribution in [0.4, 0.5) is 0 Å². The van der Waals surface area contributed by atoms with Crippen molar-refractivity contribution in [3.8, 4) is 5.75 Å². The Morgan fingerprint density at radius 1 is 1.59 bits per heavy atom. The molecule has 0 aliphatic heterocycles. The number of hydrogen-bond acceptors (Lipinski definition) is 3. The Kier molecular flexibility index (Phi) is 5.73. The molecule has 0 bridgehead atoms. The topological polar surface area (TPSA) is 38.3 Å². The predicted molar refractivity (Wildman–Crippen MR) is 69.8 cm³/mol. The Bertz CT molecular complexity index is 404. The smallest absolute Gasteiger partial charge is 0.151 e. The lowest BCUT2D eigenvalue weighted by Gasteiger charge is -2.08. The minimum atomic E-state index is 0.0902. The van der Waals surface area contributed by atoms with Crippen LogP contribution in [0.1, 0.15) is 5.56 Å². The molecule has 0 fully saturated rings. The van der Waals surface area contributed by atoms with Crippen molar-refractivity contribution in [3.63, 3.8) is 0 Å². The van der Waals surface area contributed by atoms with Crippen molar-refractivity contribution in [1.29, 1.82) is 0 Å². The van der Waals surface area contributed by atoms with Crippen LogP contribution in [0.3, 0.4) is 0 Å². The number of methoxy groups -OCH3 is 1. The van der Waals surface area contributed by atoms with Gasteiger partial charge in [0.15, 0.2) is 5.78 Å². The first-order valence-electron chi connectivity index (χ1n) is 5.33. The number of ketones is 1. The largest absolute Gasteiger partial charge is 0.496 e. The normalized spacial score (nSPS) is 10.0. The molecule has 0 heterocycles. The van der Waals surface area contributed by atoms with E-state index in [9.17, 15) is 4.79 Å². The van der Waals surface area contributed by atoms with E-state index in [0.717, 1.165) is 5.56 Å². The molecule has 0 aliphatic carbocycles. The average molecular weight is 254 g/mol. The second kappa shape index (κ2) is 7.09. The molecule has 0 saturated carbocycles. The molecule has 1 N–H and O–H groups in total. The van der Waals surface area contributed by atoms with E-state index in [0.29, 0.717) is 30.3 Å². The maximum absolute atomic E-state index is 11.7. The van der Waals surface area contributed by atoms with Gasteiger partial charge in [0.25, 0.3) is 0 Å². The van der Waals surface area contributed by atoms with Gasteiger partial charge < -0.3 is 10.1 Å². The van der Waals surface area contributed by atoms with E-state index in [2.05, 4.69) is 11.9 Å². The molecule has 0 spiro atoms. The maximum atomic E-state index is 11.7. The highest BCUT2D eigenvalue weighted by molar-refractivity contribution is 6.30. The highest BCUT2D eigenvalue weighted by Gasteiger charge is 2.09. The molecule has 1 aromatic carbocycles. The summed E-state index contributed by atoms with van der Waals surface area (Å²) in [4.78, 5) is 11.7. The molecule has 0 saturated heterocycles. The van der Waals surface area contributed by atoms with Gasteiger partial charge in [-0.25, -0.2) is 0 Å². The van der Waals surface area contributed by atoms with Gasteiger partial charge in [0.2, 0.25) is 0 Å². The van der Waals surface area contributed by atoms with Crippen molar-refractivity contribution in [2.45, 2.75) is 6.42 Å². The summed E-state index contributed by atoms with van der Waals surface area (Å²) in [5, 5.41) is 3.57. The molecule has 0 radical (unpaired) electrons. The van der Waals surface area contributed by atoms with Gasteiger partial charge in [-0.3, -0.25) is 4.79 Å². The standard InChI is InChI=1S/C13H16ClNO2/c1-3-6-15-9-12(16)8-10-7-11(14)4-5-13(10)17-2/h3-5,7,15H,1,6,8-9H2,2H3. The molecule has 0 aromatic heterocycles. The van der Waals surface area contributed by atoms with Gasteiger partial charge in [-0.2, -0.15) is 0 Å². The number of halogens is 1. The average Bonchev–Trinajstić information content (AvgIpc) is 2.29. The quantitative estimate of drug-likeness (QED) is 0.598. The molecule has 1 rings (SSSR count). The molecular weight excluding hydrogens is 238 g/mol. The summed E-state index contributed by atoms with van der Waals surface area (Å²) in [7, 11) is 1.58. The fraction of sp³-hybridized carbons (Fsp3) is 0.308. The van der Waals surface area contributed by atoms with E-state index in [1.54, 1.807) is 31.4 Å². The monoisotopic (exact) mass is 253 g/mol. The molecule has 0 aliphatic rings. The first-order chi connectivity index (χ1) is 8.17. The summed E-state index contributed by atoms with van der Waals surface area (Å²) in [5.41, 5.74) is 0.811. The summed E-state index contributed by atoms with van der Waals surface area (Å²) in [6.07, 6.45) is 2.03. The number of Topliss-reactive ketones (excluding diaryl/α,β-unsaturated/α-hetero) is 1. The van der Waals surface area contributed by atoms with E-state index in [4.69, 9.17) is 16.3 Å². The van der Waals surface area contributed by atoms with Crippen molar-refractivity contribution in [3.05, 3.63) is 41.4 Å². The van der Waals surface area contributed by atoms with Crippen LogP contribution < -0.4 is 10.1 Å². The number of rotatable bonds is 7. The number of carbonyl (C=O) groups is 1. The second-order valence-corrected chi connectivity index (χ2v) is 4.03. The third-order valence-corrected chi connectivity index (χ3v) is 2.48. The van der Waals surface area contributed by atoms with Gasteiger partial charge in [-0.1, -0.05) is 17.7 Å². The molecule has 1 aromatic rings. The fourth-order valence-corrected chi connectivity index (χ4v) is 1.67. The molecule has 0 amide bonds. The van der Waals surface area contributed by atoms with Gasteiger partial charge >= 0.3 is 0 Å². The van der Waals surface area contributed by atoms with E-state index in [1.165, 1.54) is 0 Å². The zero-order valence-electron chi connectivity index (χ0n) is 9.83.